The number of anilines is 1. The topological polar surface area (TPSA) is 136 Å². The van der Waals surface area contributed by atoms with E-state index in [1.807, 2.05) is 0 Å². The van der Waals surface area contributed by atoms with Crippen molar-refractivity contribution in [2.45, 2.75) is 59.0 Å². The van der Waals surface area contributed by atoms with Crippen molar-refractivity contribution in [1.82, 2.24) is 15.2 Å². The van der Waals surface area contributed by atoms with Crippen LogP contribution in [0.3, 0.4) is 0 Å². The van der Waals surface area contributed by atoms with Crippen molar-refractivity contribution in [3.05, 3.63) is 76.5 Å². The number of nitrogens with zero attached hydrogens (tertiary/aromatic N) is 1. The average Bonchev–Trinajstić information content (AvgIpc) is 3.31. The van der Waals surface area contributed by atoms with Crippen LogP contribution in [0.25, 0.3) is 0 Å². The molecule has 0 radical (unpaired) electrons. The van der Waals surface area contributed by atoms with Crippen LogP contribution in [0.4, 0.5) is 10.1 Å². The molecule has 2 aromatic rings. The summed E-state index contributed by atoms with van der Waals surface area (Å²) in [5.74, 6) is -2.49. The summed E-state index contributed by atoms with van der Waals surface area (Å²) >= 11 is 0. The Morgan fingerprint density at radius 1 is 1.17 bits per heavy atom. The van der Waals surface area contributed by atoms with Gasteiger partial charge in [0, 0.05) is 42.6 Å². The van der Waals surface area contributed by atoms with Gasteiger partial charge in [-0.3, -0.25) is 19.2 Å². The van der Waals surface area contributed by atoms with Crippen molar-refractivity contribution in [3.8, 4) is 0 Å². The molecule has 1 aromatic carbocycles. The molecule has 41 heavy (non-hydrogen) atoms. The summed E-state index contributed by atoms with van der Waals surface area (Å²) in [4.78, 5) is 64.1. The van der Waals surface area contributed by atoms with E-state index in [9.17, 15) is 28.4 Å². The zero-order valence-electron chi connectivity index (χ0n) is 23.7. The number of aromatic nitrogens is 1. The fraction of sp³-hybridized carbons (Fsp3) is 0.433. The van der Waals surface area contributed by atoms with Gasteiger partial charge < -0.3 is 25.3 Å². The largest absolute Gasteiger partial charge is 0.463 e. The van der Waals surface area contributed by atoms with Crippen LogP contribution in [0.15, 0.2) is 59.5 Å². The molecule has 2 heterocycles. The van der Waals surface area contributed by atoms with Gasteiger partial charge in [-0.05, 0) is 49.6 Å². The Morgan fingerprint density at radius 2 is 1.88 bits per heavy atom. The van der Waals surface area contributed by atoms with Crippen LogP contribution >= 0.6 is 0 Å². The van der Waals surface area contributed by atoms with Crippen LogP contribution < -0.4 is 21.5 Å². The van der Waals surface area contributed by atoms with E-state index in [2.05, 4.69) is 16.0 Å². The Morgan fingerprint density at radius 3 is 2.49 bits per heavy atom. The molecule has 1 saturated heterocycles. The lowest BCUT2D eigenvalue weighted by Gasteiger charge is -2.25. The molecule has 11 heteroatoms. The second-order valence-electron chi connectivity index (χ2n) is 10.9. The van der Waals surface area contributed by atoms with E-state index in [-0.39, 0.29) is 42.9 Å². The van der Waals surface area contributed by atoms with Crippen LogP contribution in [0.5, 0.6) is 0 Å². The molecule has 3 N–H and O–H groups in total. The molecule has 3 amide bonds. The number of carbonyl (C=O) groups is 4. The third-order valence-corrected chi connectivity index (χ3v) is 6.66. The van der Waals surface area contributed by atoms with E-state index in [0.717, 1.165) is 0 Å². The van der Waals surface area contributed by atoms with Crippen LogP contribution in [0, 0.1) is 17.2 Å². The van der Waals surface area contributed by atoms with Gasteiger partial charge in [-0.15, -0.1) is 0 Å². The lowest BCUT2D eigenvalue weighted by Crippen LogP contribution is -2.44. The summed E-state index contributed by atoms with van der Waals surface area (Å²) < 4.78 is 19.8. The van der Waals surface area contributed by atoms with Gasteiger partial charge in [0.1, 0.15) is 17.5 Å². The highest BCUT2D eigenvalue weighted by molar-refractivity contribution is 5.94. The predicted octanol–water partition coefficient (Wildman–Crippen LogP) is 2.89. The first-order valence-electron chi connectivity index (χ1n) is 13.6. The number of carbonyl (C=O) groups excluding carboxylic acids is 4. The second kappa shape index (κ2) is 13.9. The zero-order chi connectivity index (χ0) is 30.2. The minimum absolute atomic E-state index is 0.00529. The van der Waals surface area contributed by atoms with Crippen molar-refractivity contribution >= 4 is 29.4 Å². The molecule has 10 nitrogen and oxygen atoms in total. The van der Waals surface area contributed by atoms with Crippen LogP contribution in [-0.4, -0.2) is 47.5 Å². The van der Waals surface area contributed by atoms with E-state index in [0.29, 0.717) is 18.5 Å². The van der Waals surface area contributed by atoms with Gasteiger partial charge in [-0.2, -0.15) is 0 Å². The summed E-state index contributed by atoms with van der Waals surface area (Å²) in [5, 5.41) is 8.26. The SMILES string of the molecule is CCOC(=O)/C=C/[C@H](C[C@@H]1CCNC1=O)NC(=O)[C@H](Cc1ccc(F)cc1)n1cccc(NC(=O)C(C)(C)C)c1=O. The molecule has 0 spiro atoms. The van der Waals surface area contributed by atoms with E-state index < -0.39 is 40.8 Å². The number of benzene rings is 1. The lowest BCUT2D eigenvalue weighted by molar-refractivity contribution is -0.137. The third kappa shape index (κ3) is 8.86. The summed E-state index contributed by atoms with van der Waals surface area (Å²) in [6.07, 6.45) is 4.95. The molecule has 220 valence electrons. The van der Waals surface area contributed by atoms with Crippen molar-refractivity contribution in [1.29, 1.82) is 0 Å². The minimum atomic E-state index is -1.10. The van der Waals surface area contributed by atoms with Crippen molar-refractivity contribution in [2.24, 2.45) is 11.3 Å². The summed E-state index contributed by atoms with van der Waals surface area (Å²) in [5.41, 5.74) is -0.758. The first-order chi connectivity index (χ1) is 19.4. The maximum Gasteiger partial charge on any atom is 0.330 e. The Hall–Kier alpha value is -4.28. The van der Waals surface area contributed by atoms with E-state index >= 15 is 0 Å². The Labute approximate surface area is 238 Å². The molecule has 0 aliphatic carbocycles. The Kier molecular flexibility index (Phi) is 10.6. The Balaban J connectivity index is 1.96. The number of pyridine rings is 1. The number of hydrogen-bond acceptors (Lipinski definition) is 6. The van der Waals surface area contributed by atoms with Gasteiger partial charge in [-0.25, -0.2) is 9.18 Å². The molecule has 3 rings (SSSR count). The molecule has 1 aliphatic heterocycles. The molecule has 1 aliphatic rings. The molecule has 1 aromatic heterocycles. The number of hydrogen-bond donors (Lipinski definition) is 3. The summed E-state index contributed by atoms with van der Waals surface area (Å²) in [6, 6.07) is 6.74. The smallest absolute Gasteiger partial charge is 0.330 e. The summed E-state index contributed by atoms with van der Waals surface area (Å²) in [7, 11) is 0. The molecular weight excluding hydrogens is 531 g/mol. The fourth-order valence-electron chi connectivity index (χ4n) is 4.35. The second-order valence-corrected chi connectivity index (χ2v) is 10.9. The standard InChI is InChI=1S/C30H37FN4O6/c1-5-41-25(36)13-12-22(18-20-14-15-32-26(20)37)33-27(38)24(17-19-8-10-21(31)11-9-19)35-16-6-7-23(28(35)39)34-29(40)30(2,3)4/h6-13,16,20,22,24H,5,14-15,17-18H2,1-4H3,(H,32,37)(H,33,38)(H,34,40)/b13-12+/t20-,22+,24-/m0/s1. The van der Waals surface area contributed by atoms with Crippen molar-refractivity contribution < 1.29 is 28.3 Å². The molecule has 0 saturated carbocycles. The minimum Gasteiger partial charge on any atom is -0.463 e. The quantitative estimate of drug-likeness (QED) is 0.282. The van der Waals surface area contributed by atoms with Crippen LogP contribution in [0.1, 0.15) is 52.1 Å². The zero-order valence-corrected chi connectivity index (χ0v) is 23.7. The van der Waals surface area contributed by atoms with Gasteiger partial charge in [0.25, 0.3) is 5.56 Å². The van der Waals surface area contributed by atoms with E-state index in [1.165, 1.54) is 53.2 Å². The highest BCUT2D eigenvalue weighted by Gasteiger charge is 2.30. The molecule has 0 bridgehead atoms. The third-order valence-electron chi connectivity index (χ3n) is 6.66. The number of halogens is 1. The number of amides is 3. The fourth-order valence-corrected chi connectivity index (χ4v) is 4.35. The normalized spacial score (nSPS) is 16.6. The van der Waals surface area contributed by atoms with Gasteiger partial charge >= 0.3 is 5.97 Å². The maximum absolute atomic E-state index is 13.8. The number of ether oxygens (including phenoxy) is 1. The number of nitrogens with one attached hydrogen (secondary N) is 3. The predicted molar refractivity (Wildman–Crippen MR) is 151 cm³/mol. The summed E-state index contributed by atoms with van der Waals surface area (Å²) in [6.45, 7) is 7.50. The number of rotatable bonds is 11. The highest BCUT2D eigenvalue weighted by atomic mass is 19.1. The molecule has 0 unspecified atom stereocenters. The van der Waals surface area contributed by atoms with Gasteiger partial charge in [-0.1, -0.05) is 39.0 Å². The van der Waals surface area contributed by atoms with E-state index in [1.54, 1.807) is 33.8 Å². The van der Waals surface area contributed by atoms with Crippen molar-refractivity contribution in [3.63, 3.8) is 0 Å². The van der Waals surface area contributed by atoms with Crippen LogP contribution in [-0.2, 0) is 30.3 Å². The van der Waals surface area contributed by atoms with Gasteiger partial charge in [0.2, 0.25) is 17.7 Å². The average molecular weight is 569 g/mol. The van der Waals surface area contributed by atoms with Gasteiger partial charge in [0.15, 0.2) is 0 Å². The van der Waals surface area contributed by atoms with Gasteiger partial charge in [0.05, 0.1) is 6.61 Å². The monoisotopic (exact) mass is 568 g/mol. The van der Waals surface area contributed by atoms with Crippen molar-refractivity contribution in [2.75, 3.05) is 18.5 Å². The molecule has 3 atom stereocenters. The highest BCUT2D eigenvalue weighted by Crippen LogP contribution is 2.20. The first kappa shape index (κ1) is 31.3. The Bertz CT molecular complexity index is 1350. The molecule has 1 fully saturated rings. The molecular formula is C30H37FN4O6. The maximum atomic E-state index is 13.8. The lowest BCUT2D eigenvalue weighted by atomic mass is 9.95. The van der Waals surface area contributed by atoms with E-state index in [4.69, 9.17) is 4.74 Å². The van der Waals surface area contributed by atoms with Crippen LogP contribution in [0.2, 0.25) is 0 Å². The first-order valence-corrected chi connectivity index (χ1v) is 13.6. The number of esters is 1.